The second-order valence-corrected chi connectivity index (χ2v) is 4.57. The van der Waals surface area contributed by atoms with Gasteiger partial charge in [0.25, 0.3) is 0 Å². The maximum Gasteiger partial charge on any atom is 0.238 e. The summed E-state index contributed by atoms with van der Waals surface area (Å²) in [4.78, 5) is 8.54. The minimum atomic E-state index is 0.534. The predicted molar refractivity (Wildman–Crippen MR) is 70.7 cm³/mol. The number of aryl methyl sites for hydroxylation is 2. The first kappa shape index (κ1) is 11.3. The van der Waals surface area contributed by atoms with Gasteiger partial charge in [-0.1, -0.05) is 12.1 Å². The molecule has 16 heavy (non-hydrogen) atoms. The van der Waals surface area contributed by atoms with E-state index >= 15 is 0 Å². The number of rotatable bonds is 2. The lowest BCUT2D eigenvalue weighted by molar-refractivity contribution is 0.455. The van der Waals surface area contributed by atoms with Crippen LogP contribution in [0.1, 0.15) is 11.4 Å². The van der Waals surface area contributed by atoms with Gasteiger partial charge in [0, 0.05) is 0 Å². The van der Waals surface area contributed by atoms with Gasteiger partial charge in [0.15, 0.2) is 0 Å². The van der Waals surface area contributed by atoms with E-state index in [1.807, 2.05) is 38.1 Å². The van der Waals surface area contributed by atoms with Gasteiger partial charge in [-0.05, 0) is 48.6 Å². The van der Waals surface area contributed by atoms with Crippen LogP contribution in [0.25, 0.3) is 0 Å². The summed E-state index contributed by atoms with van der Waals surface area (Å²) in [6, 6.07) is 7.82. The highest BCUT2D eigenvalue weighted by atomic mass is 127. The monoisotopic (exact) mass is 326 g/mol. The molecule has 0 amide bonds. The third kappa shape index (κ3) is 2.49. The third-order valence-electron chi connectivity index (χ3n) is 2.22. The van der Waals surface area contributed by atoms with E-state index in [1.165, 1.54) is 0 Å². The largest absolute Gasteiger partial charge is 0.436 e. The Morgan fingerprint density at radius 1 is 1.12 bits per heavy atom. The fourth-order valence-electron chi connectivity index (χ4n) is 1.21. The lowest BCUT2D eigenvalue weighted by Gasteiger charge is -2.07. The summed E-state index contributed by atoms with van der Waals surface area (Å²) >= 11 is 2.23. The quantitative estimate of drug-likeness (QED) is 0.793. The highest BCUT2D eigenvalue weighted by Crippen LogP contribution is 2.24. The zero-order chi connectivity index (χ0) is 11.5. The predicted octanol–water partition coefficient (Wildman–Crippen LogP) is 3.49. The maximum atomic E-state index is 5.66. The summed E-state index contributed by atoms with van der Waals surface area (Å²) in [5.41, 5.74) is 1.82. The molecule has 0 fully saturated rings. The molecule has 0 aliphatic carbocycles. The standard InChI is InChI=1S/C12H11IN2O/c1-8-9(2)15-12(7-14-8)16-11-6-4-3-5-10(11)13/h3-7H,1-2H3. The Hall–Kier alpha value is -1.17. The van der Waals surface area contributed by atoms with Crippen LogP contribution in [-0.2, 0) is 0 Å². The van der Waals surface area contributed by atoms with E-state index in [9.17, 15) is 0 Å². The minimum Gasteiger partial charge on any atom is -0.436 e. The zero-order valence-corrected chi connectivity index (χ0v) is 11.2. The van der Waals surface area contributed by atoms with Crippen LogP contribution >= 0.6 is 22.6 Å². The highest BCUT2D eigenvalue weighted by molar-refractivity contribution is 14.1. The van der Waals surface area contributed by atoms with Crippen LogP contribution in [0.15, 0.2) is 30.5 Å². The SMILES string of the molecule is Cc1ncc(Oc2ccccc2I)nc1C. The molecule has 4 heteroatoms. The molecule has 1 aromatic carbocycles. The van der Waals surface area contributed by atoms with Gasteiger partial charge in [-0.3, -0.25) is 4.98 Å². The topological polar surface area (TPSA) is 35.0 Å². The van der Waals surface area contributed by atoms with Crippen LogP contribution in [-0.4, -0.2) is 9.97 Å². The van der Waals surface area contributed by atoms with E-state index < -0.39 is 0 Å². The molecule has 0 bridgehead atoms. The highest BCUT2D eigenvalue weighted by Gasteiger charge is 2.04. The molecule has 3 nitrogen and oxygen atoms in total. The average molecular weight is 326 g/mol. The van der Waals surface area contributed by atoms with Gasteiger partial charge >= 0.3 is 0 Å². The van der Waals surface area contributed by atoms with Gasteiger partial charge in [-0.25, -0.2) is 4.98 Å². The normalized spacial score (nSPS) is 10.2. The number of hydrogen-bond acceptors (Lipinski definition) is 3. The van der Waals surface area contributed by atoms with Crippen molar-refractivity contribution in [3.63, 3.8) is 0 Å². The summed E-state index contributed by atoms with van der Waals surface area (Å²) < 4.78 is 6.72. The van der Waals surface area contributed by atoms with Crippen LogP contribution in [0.3, 0.4) is 0 Å². The van der Waals surface area contributed by atoms with Crippen molar-refractivity contribution in [3.8, 4) is 11.6 Å². The Bertz CT molecular complexity index is 514. The molecule has 0 aliphatic rings. The van der Waals surface area contributed by atoms with Gasteiger partial charge in [-0.15, -0.1) is 0 Å². The minimum absolute atomic E-state index is 0.534. The van der Waals surface area contributed by atoms with Crippen LogP contribution in [0.5, 0.6) is 11.6 Å². The summed E-state index contributed by atoms with van der Waals surface area (Å²) in [7, 11) is 0. The fraction of sp³-hybridized carbons (Fsp3) is 0.167. The van der Waals surface area contributed by atoms with Crippen LogP contribution < -0.4 is 4.74 Å². The number of halogens is 1. The molecular weight excluding hydrogens is 315 g/mol. The second kappa shape index (κ2) is 4.78. The van der Waals surface area contributed by atoms with Crippen molar-refractivity contribution < 1.29 is 4.74 Å². The summed E-state index contributed by atoms with van der Waals surface area (Å²) in [6.45, 7) is 3.85. The zero-order valence-electron chi connectivity index (χ0n) is 9.07. The Morgan fingerprint density at radius 3 is 2.56 bits per heavy atom. The van der Waals surface area contributed by atoms with Gasteiger partial charge in [0.1, 0.15) is 5.75 Å². The van der Waals surface area contributed by atoms with Crippen molar-refractivity contribution in [2.45, 2.75) is 13.8 Å². The Labute approximate surface area is 108 Å². The lowest BCUT2D eigenvalue weighted by atomic mass is 10.3. The van der Waals surface area contributed by atoms with Crippen molar-refractivity contribution in [2.24, 2.45) is 0 Å². The number of benzene rings is 1. The van der Waals surface area contributed by atoms with E-state index in [0.717, 1.165) is 20.7 Å². The van der Waals surface area contributed by atoms with E-state index in [1.54, 1.807) is 6.20 Å². The number of aromatic nitrogens is 2. The molecule has 0 aliphatic heterocycles. The third-order valence-corrected chi connectivity index (χ3v) is 3.11. The lowest BCUT2D eigenvalue weighted by Crippen LogP contribution is -1.95. The van der Waals surface area contributed by atoms with Gasteiger partial charge in [-0.2, -0.15) is 0 Å². The van der Waals surface area contributed by atoms with Gasteiger partial charge in [0.05, 0.1) is 21.2 Å². The molecule has 0 N–H and O–H groups in total. The van der Waals surface area contributed by atoms with E-state index in [2.05, 4.69) is 32.6 Å². The smallest absolute Gasteiger partial charge is 0.238 e. The molecular formula is C12H11IN2O. The number of hydrogen-bond donors (Lipinski definition) is 0. The van der Waals surface area contributed by atoms with E-state index in [0.29, 0.717) is 5.88 Å². The first-order chi connectivity index (χ1) is 7.66. The number of nitrogens with zero attached hydrogens (tertiary/aromatic N) is 2. The van der Waals surface area contributed by atoms with Crippen molar-refractivity contribution in [1.29, 1.82) is 0 Å². The Kier molecular flexibility index (Phi) is 3.38. The van der Waals surface area contributed by atoms with Crippen molar-refractivity contribution in [3.05, 3.63) is 45.4 Å². The summed E-state index contributed by atoms with van der Waals surface area (Å²) in [6.07, 6.45) is 1.64. The molecule has 0 saturated carbocycles. The molecule has 0 saturated heterocycles. The van der Waals surface area contributed by atoms with Crippen LogP contribution in [0.4, 0.5) is 0 Å². The van der Waals surface area contributed by atoms with Crippen molar-refractivity contribution in [2.75, 3.05) is 0 Å². The first-order valence-corrected chi connectivity index (χ1v) is 5.97. The molecule has 0 unspecified atom stereocenters. The molecule has 1 heterocycles. The number of ether oxygens (including phenoxy) is 1. The molecule has 2 rings (SSSR count). The van der Waals surface area contributed by atoms with Crippen molar-refractivity contribution in [1.82, 2.24) is 9.97 Å². The molecule has 0 atom stereocenters. The molecule has 0 spiro atoms. The Morgan fingerprint density at radius 2 is 1.88 bits per heavy atom. The van der Waals surface area contributed by atoms with Crippen molar-refractivity contribution >= 4 is 22.6 Å². The van der Waals surface area contributed by atoms with Crippen LogP contribution in [0, 0.1) is 17.4 Å². The molecule has 1 aromatic heterocycles. The van der Waals surface area contributed by atoms with Gasteiger partial charge in [0.2, 0.25) is 5.88 Å². The van der Waals surface area contributed by atoms with Crippen LogP contribution in [0.2, 0.25) is 0 Å². The number of para-hydroxylation sites is 1. The maximum absolute atomic E-state index is 5.66. The van der Waals surface area contributed by atoms with Gasteiger partial charge < -0.3 is 4.74 Å². The van der Waals surface area contributed by atoms with E-state index in [-0.39, 0.29) is 0 Å². The second-order valence-electron chi connectivity index (χ2n) is 3.41. The molecule has 0 radical (unpaired) electrons. The molecule has 2 aromatic rings. The first-order valence-electron chi connectivity index (χ1n) is 4.89. The average Bonchev–Trinajstić information content (AvgIpc) is 2.27. The summed E-state index contributed by atoms with van der Waals surface area (Å²) in [5.74, 6) is 1.34. The fourth-order valence-corrected chi connectivity index (χ4v) is 1.71. The Balaban J connectivity index is 2.28. The van der Waals surface area contributed by atoms with E-state index in [4.69, 9.17) is 4.74 Å². The molecule has 82 valence electrons. The summed E-state index contributed by atoms with van der Waals surface area (Å²) in [5, 5.41) is 0.